The van der Waals surface area contributed by atoms with Gasteiger partial charge in [-0.3, -0.25) is 4.79 Å². The Morgan fingerprint density at radius 2 is 1.84 bits per heavy atom. The van der Waals surface area contributed by atoms with Crippen molar-refractivity contribution >= 4 is 34.3 Å². The van der Waals surface area contributed by atoms with Crippen molar-refractivity contribution < 1.29 is 9.18 Å². The van der Waals surface area contributed by atoms with Gasteiger partial charge in [-0.05, 0) is 67.1 Å². The first-order valence-corrected chi connectivity index (χ1v) is 11.7. The highest BCUT2D eigenvalue weighted by Crippen LogP contribution is 2.32. The summed E-state index contributed by atoms with van der Waals surface area (Å²) in [5.74, 6) is -0.144. The molecule has 0 unspecified atom stereocenters. The normalized spacial score (nSPS) is 11.0. The van der Waals surface area contributed by atoms with Gasteiger partial charge in [0.15, 0.2) is 5.65 Å². The molecule has 0 radical (unpaired) electrons. The molecule has 0 aliphatic rings. The number of carbonyl (C=O) groups is 1. The molecule has 0 fully saturated rings. The van der Waals surface area contributed by atoms with Crippen molar-refractivity contribution in [2.75, 3.05) is 10.6 Å². The molecule has 4 heterocycles. The van der Waals surface area contributed by atoms with E-state index in [4.69, 9.17) is 0 Å². The first-order chi connectivity index (χ1) is 18.6. The molecule has 0 atom stereocenters. The molecule has 0 bridgehead atoms. The van der Waals surface area contributed by atoms with Crippen LogP contribution in [0.5, 0.6) is 0 Å². The molecule has 3 N–H and O–H groups in total. The molecule has 0 aliphatic carbocycles. The fraction of sp³-hybridized carbons (Fsp3) is 0.0370. The first kappa shape index (κ1) is 23.0. The van der Waals surface area contributed by atoms with E-state index in [1.807, 2.05) is 37.3 Å². The molecule has 4 aromatic heterocycles. The van der Waals surface area contributed by atoms with Gasteiger partial charge in [-0.1, -0.05) is 6.07 Å². The van der Waals surface area contributed by atoms with Gasteiger partial charge >= 0.3 is 0 Å². The van der Waals surface area contributed by atoms with Crippen LogP contribution in [0.1, 0.15) is 16.1 Å². The largest absolute Gasteiger partial charge is 0.339 e. The quantitative estimate of drug-likeness (QED) is 0.289. The van der Waals surface area contributed by atoms with Gasteiger partial charge < -0.3 is 15.6 Å². The second kappa shape index (κ2) is 9.54. The number of benzene rings is 2. The molecule has 1 amide bonds. The fourth-order valence-corrected chi connectivity index (χ4v) is 4.08. The molecule has 2 aromatic carbocycles. The Kier molecular flexibility index (Phi) is 5.77. The van der Waals surface area contributed by atoms with Crippen LogP contribution >= 0.6 is 0 Å². The van der Waals surface area contributed by atoms with Gasteiger partial charge in [0, 0.05) is 23.1 Å². The summed E-state index contributed by atoms with van der Waals surface area (Å²) in [5.41, 5.74) is 5.82. The van der Waals surface area contributed by atoms with E-state index in [1.165, 1.54) is 29.3 Å². The third-order valence-electron chi connectivity index (χ3n) is 5.98. The maximum atomic E-state index is 13.3. The average Bonchev–Trinajstić information content (AvgIpc) is 3.61. The summed E-state index contributed by atoms with van der Waals surface area (Å²) in [6.45, 7) is 1.96. The number of aromatic amines is 1. The van der Waals surface area contributed by atoms with Gasteiger partial charge in [-0.25, -0.2) is 29.0 Å². The van der Waals surface area contributed by atoms with Crippen molar-refractivity contribution in [2.45, 2.75) is 6.92 Å². The Hall–Kier alpha value is -5.45. The van der Waals surface area contributed by atoms with E-state index >= 15 is 0 Å². The standard InChI is InChI=1S/C27H20FN9O/c1-16-4-7-18(35-27(38)22-10-12-34-37(22)19-8-5-17(28)6-9-19)13-21(16)36-25-20(3-2-11-29-25)23-24-26(32-14-30-23)33-15-31-24/h2-15H,1H3,(H,29,36)(H,35,38)(H,30,31,32,33). The Bertz CT molecular complexity index is 1780. The Morgan fingerprint density at radius 3 is 2.71 bits per heavy atom. The SMILES string of the molecule is Cc1ccc(NC(=O)c2ccnn2-c2ccc(F)cc2)cc1Nc1ncccc1-c1ncnc2[nH]cnc12. The summed E-state index contributed by atoms with van der Waals surface area (Å²) in [6, 6.07) is 16.6. The van der Waals surface area contributed by atoms with E-state index in [1.54, 1.807) is 30.7 Å². The first-order valence-electron chi connectivity index (χ1n) is 11.7. The van der Waals surface area contributed by atoms with Gasteiger partial charge in [-0.15, -0.1) is 0 Å². The van der Waals surface area contributed by atoms with Gasteiger partial charge in [0.2, 0.25) is 0 Å². The van der Waals surface area contributed by atoms with Crippen molar-refractivity contribution in [3.05, 3.63) is 103 Å². The fourth-order valence-electron chi connectivity index (χ4n) is 4.08. The minimum atomic E-state index is -0.365. The van der Waals surface area contributed by atoms with Crippen LogP contribution in [0.3, 0.4) is 0 Å². The number of nitrogens with zero attached hydrogens (tertiary/aromatic N) is 6. The van der Waals surface area contributed by atoms with Crippen molar-refractivity contribution in [3.8, 4) is 16.9 Å². The number of aryl methyl sites for hydroxylation is 1. The number of fused-ring (bicyclic) bond motifs is 1. The number of anilines is 3. The number of imidazole rings is 1. The molecule has 0 saturated heterocycles. The van der Waals surface area contributed by atoms with E-state index < -0.39 is 0 Å². The lowest BCUT2D eigenvalue weighted by Gasteiger charge is -2.15. The summed E-state index contributed by atoms with van der Waals surface area (Å²) in [7, 11) is 0. The van der Waals surface area contributed by atoms with Crippen molar-refractivity contribution in [2.24, 2.45) is 0 Å². The van der Waals surface area contributed by atoms with Crippen molar-refractivity contribution in [1.29, 1.82) is 0 Å². The van der Waals surface area contributed by atoms with Crippen LogP contribution in [0, 0.1) is 12.7 Å². The molecule has 0 saturated carbocycles. The number of carbonyl (C=O) groups excluding carboxylic acids is 1. The molecule has 6 aromatic rings. The van der Waals surface area contributed by atoms with Crippen LogP contribution in [0.15, 0.2) is 85.7 Å². The van der Waals surface area contributed by atoms with Gasteiger partial charge in [-0.2, -0.15) is 5.10 Å². The predicted octanol–water partition coefficient (Wildman–Crippen LogP) is 5.04. The molecule has 11 heteroatoms. The van der Waals surface area contributed by atoms with Crippen LogP contribution in [0.25, 0.3) is 28.1 Å². The zero-order valence-electron chi connectivity index (χ0n) is 20.1. The molecule has 186 valence electrons. The van der Waals surface area contributed by atoms with E-state index in [0.29, 0.717) is 39.7 Å². The monoisotopic (exact) mass is 505 g/mol. The molecule has 0 aliphatic heterocycles. The third kappa shape index (κ3) is 4.32. The lowest BCUT2D eigenvalue weighted by Crippen LogP contribution is -2.17. The number of pyridine rings is 1. The minimum absolute atomic E-state index is 0.311. The molecule has 6 rings (SSSR count). The highest BCUT2D eigenvalue weighted by Gasteiger charge is 2.16. The van der Waals surface area contributed by atoms with Gasteiger partial charge in [0.1, 0.15) is 34.9 Å². The molecular formula is C27H20FN9O. The number of H-pyrrole nitrogens is 1. The Balaban J connectivity index is 1.28. The molecular weight excluding hydrogens is 485 g/mol. The highest BCUT2D eigenvalue weighted by molar-refractivity contribution is 6.03. The lowest BCUT2D eigenvalue weighted by atomic mass is 10.1. The van der Waals surface area contributed by atoms with E-state index in [0.717, 1.165) is 16.8 Å². The summed E-state index contributed by atoms with van der Waals surface area (Å²) in [4.78, 5) is 33.7. The number of amides is 1. The van der Waals surface area contributed by atoms with Crippen molar-refractivity contribution in [1.82, 2.24) is 34.7 Å². The summed E-state index contributed by atoms with van der Waals surface area (Å²) < 4.78 is 14.8. The van der Waals surface area contributed by atoms with E-state index in [2.05, 4.69) is 40.7 Å². The molecule has 10 nitrogen and oxygen atoms in total. The smallest absolute Gasteiger partial charge is 0.274 e. The van der Waals surface area contributed by atoms with Gasteiger partial charge in [0.05, 0.1) is 18.2 Å². The topological polar surface area (TPSA) is 126 Å². The second-order valence-electron chi connectivity index (χ2n) is 8.44. The summed E-state index contributed by atoms with van der Waals surface area (Å²) in [5, 5.41) is 10.5. The number of halogens is 1. The van der Waals surface area contributed by atoms with E-state index in [9.17, 15) is 9.18 Å². The van der Waals surface area contributed by atoms with Crippen LogP contribution in [0.4, 0.5) is 21.6 Å². The molecule has 38 heavy (non-hydrogen) atoms. The number of hydrogen-bond acceptors (Lipinski definition) is 7. The average molecular weight is 506 g/mol. The molecule has 0 spiro atoms. The van der Waals surface area contributed by atoms with Gasteiger partial charge in [0.25, 0.3) is 5.91 Å². The number of aromatic nitrogens is 7. The third-order valence-corrected chi connectivity index (χ3v) is 5.98. The summed E-state index contributed by atoms with van der Waals surface area (Å²) >= 11 is 0. The second-order valence-corrected chi connectivity index (χ2v) is 8.44. The number of rotatable bonds is 6. The van der Waals surface area contributed by atoms with E-state index in [-0.39, 0.29) is 11.7 Å². The maximum Gasteiger partial charge on any atom is 0.274 e. The van der Waals surface area contributed by atoms with Crippen LogP contribution in [-0.4, -0.2) is 40.6 Å². The Labute approximate surface area is 215 Å². The zero-order chi connectivity index (χ0) is 26.1. The number of nitrogens with one attached hydrogen (secondary N) is 3. The predicted molar refractivity (Wildman–Crippen MR) is 141 cm³/mol. The summed E-state index contributed by atoms with van der Waals surface area (Å²) in [6.07, 6.45) is 6.26. The Morgan fingerprint density at radius 1 is 0.974 bits per heavy atom. The number of hydrogen-bond donors (Lipinski definition) is 3. The zero-order valence-corrected chi connectivity index (χ0v) is 20.1. The minimum Gasteiger partial charge on any atom is -0.339 e. The maximum absolute atomic E-state index is 13.3. The van der Waals surface area contributed by atoms with Crippen LogP contribution in [0.2, 0.25) is 0 Å². The van der Waals surface area contributed by atoms with Crippen molar-refractivity contribution in [3.63, 3.8) is 0 Å². The van der Waals surface area contributed by atoms with Crippen LogP contribution in [-0.2, 0) is 0 Å². The van der Waals surface area contributed by atoms with Crippen LogP contribution < -0.4 is 10.6 Å². The highest BCUT2D eigenvalue weighted by atomic mass is 19.1. The lowest BCUT2D eigenvalue weighted by molar-refractivity contribution is 0.101.